The quantitative estimate of drug-likeness (QED) is 0.573. The Hall–Kier alpha value is -2.40. The number of carbonyl (C=O) groups is 1. The highest BCUT2D eigenvalue weighted by molar-refractivity contribution is 6.07. The number of aromatic amines is 1. The van der Waals surface area contributed by atoms with E-state index >= 15 is 0 Å². The van der Waals surface area contributed by atoms with Crippen molar-refractivity contribution in [2.24, 2.45) is 0 Å². The van der Waals surface area contributed by atoms with Crippen LogP contribution in [0.1, 0.15) is 43.6 Å². The first-order valence-corrected chi connectivity index (χ1v) is 9.60. The molecule has 0 radical (unpaired) electrons. The van der Waals surface area contributed by atoms with Crippen LogP contribution in [-0.4, -0.2) is 47.0 Å². The number of rotatable bonds is 9. The molecule has 2 aromatic heterocycles. The molecule has 5 nitrogen and oxygen atoms in total. The molecule has 1 aromatic carbocycles. The first-order valence-electron chi connectivity index (χ1n) is 9.60. The van der Waals surface area contributed by atoms with E-state index in [1.54, 1.807) is 6.20 Å². The molecule has 1 amide bonds. The van der Waals surface area contributed by atoms with E-state index in [0.29, 0.717) is 12.2 Å². The van der Waals surface area contributed by atoms with Gasteiger partial charge in [-0.3, -0.25) is 9.78 Å². The molecule has 2 N–H and O–H groups in total. The summed E-state index contributed by atoms with van der Waals surface area (Å²) in [5.74, 6) is -0.0538. The van der Waals surface area contributed by atoms with Gasteiger partial charge in [0.2, 0.25) is 0 Å². The zero-order valence-electron chi connectivity index (χ0n) is 15.7. The van der Waals surface area contributed by atoms with Gasteiger partial charge in [0.25, 0.3) is 5.91 Å². The SMILES string of the molecule is CCCCN(CC)CCCNC(=O)c1cc2ccc3cccnc3c2[nH]1. The molecule has 26 heavy (non-hydrogen) atoms. The van der Waals surface area contributed by atoms with Crippen molar-refractivity contribution in [3.8, 4) is 0 Å². The summed E-state index contributed by atoms with van der Waals surface area (Å²) in [5, 5.41) is 5.11. The molecule has 0 unspecified atom stereocenters. The van der Waals surface area contributed by atoms with Gasteiger partial charge in [-0.2, -0.15) is 0 Å². The molecule has 5 heteroatoms. The van der Waals surface area contributed by atoms with Crippen molar-refractivity contribution in [3.63, 3.8) is 0 Å². The van der Waals surface area contributed by atoms with E-state index in [1.807, 2.05) is 30.3 Å². The number of carbonyl (C=O) groups excluding carboxylic acids is 1. The smallest absolute Gasteiger partial charge is 0.267 e. The molecule has 0 aliphatic heterocycles. The fraction of sp³-hybridized carbons (Fsp3) is 0.429. The standard InChI is InChI=1S/C21H28N4O/c1-3-5-13-25(4-2)14-7-12-23-21(26)18-15-17-10-9-16-8-6-11-22-19(16)20(17)24-18/h6,8-11,15,24H,3-5,7,12-14H2,1-2H3,(H,23,26). The number of aromatic nitrogens is 2. The van der Waals surface area contributed by atoms with E-state index in [9.17, 15) is 4.79 Å². The van der Waals surface area contributed by atoms with Crippen LogP contribution in [0.25, 0.3) is 21.8 Å². The van der Waals surface area contributed by atoms with Crippen LogP contribution in [0.2, 0.25) is 0 Å². The number of benzene rings is 1. The first kappa shape index (κ1) is 18.4. The Kier molecular flexibility index (Phi) is 6.23. The van der Waals surface area contributed by atoms with Crippen molar-refractivity contribution < 1.29 is 4.79 Å². The molecule has 3 aromatic rings. The van der Waals surface area contributed by atoms with Crippen molar-refractivity contribution in [1.82, 2.24) is 20.2 Å². The number of hydrogen-bond donors (Lipinski definition) is 2. The third-order valence-electron chi connectivity index (χ3n) is 4.82. The van der Waals surface area contributed by atoms with Crippen LogP contribution in [0.15, 0.2) is 36.5 Å². The topological polar surface area (TPSA) is 61.0 Å². The van der Waals surface area contributed by atoms with Gasteiger partial charge in [-0.15, -0.1) is 0 Å². The van der Waals surface area contributed by atoms with Crippen LogP contribution < -0.4 is 5.32 Å². The monoisotopic (exact) mass is 352 g/mol. The lowest BCUT2D eigenvalue weighted by atomic mass is 10.1. The lowest BCUT2D eigenvalue weighted by Crippen LogP contribution is -2.30. The molecular weight excluding hydrogens is 324 g/mol. The number of hydrogen-bond acceptors (Lipinski definition) is 3. The molecule has 0 aliphatic rings. The van der Waals surface area contributed by atoms with Gasteiger partial charge in [0.05, 0.1) is 11.0 Å². The summed E-state index contributed by atoms with van der Waals surface area (Å²) in [6.45, 7) is 8.33. The van der Waals surface area contributed by atoms with Gasteiger partial charge >= 0.3 is 0 Å². The highest BCUT2D eigenvalue weighted by Gasteiger charge is 2.11. The number of nitrogens with one attached hydrogen (secondary N) is 2. The summed E-state index contributed by atoms with van der Waals surface area (Å²) in [4.78, 5) is 22.6. The zero-order valence-corrected chi connectivity index (χ0v) is 15.7. The van der Waals surface area contributed by atoms with Crippen molar-refractivity contribution in [1.29, 1.82) is 0 Å². The Bertz CT molecular complexity index is 871. The lowest BCUT2D eigenvalue weighted by Gasteiger charge is -2.19. The van der Waals surface area contributed by atoms with Crippen LogP contribution in [-0.2, 0) is 0 Å². The molecule has 138 valence electrons. The van der Waals surface area contributed by atoms with Gasteiger partial charge in [0.1, 0.15) is 5.69 Å². The number of fused-ring (bicyclic) bond motifs is 3. The number of nitrogens with zero attached hydrogens (tertiary/aromatic N) is 2. The minimum Gasteiger partial charge on any atom is -0.351 e. The van der Waals surface area contributed by atoms with Gasteiger partial charge in [0, 0.05) is 23.5 Å². The van der Waals surface area contributed by atoms with E-state index < -0.39 is 0 Å². The zero-order chi connectivity index (χ0) is 18.4. The third-order valence-corrected chi connectivity index (χ3v) is 4.82. The maximum atomic E-state index is 12.5. The molecule has 0 saturated carbocycles. The Morgan fingerprint density at radius 1 is 1.15 bits per heavy atom. The number of pyridine rings is 1. The van der Waals surface area contributed by atoms with Gasteiger partial charge in [0.15, 0.2) is 0 Å². The summed E-state index contributed by atoms with van der Waals surface area (Å²) >= 11 is 0. The Morgan fingerprint density at radius 3 is 2.77 bits per heavy atom. The highest BCUT2D eigenvalue weighted by Crippen LogP contribution is 2.23. The van der Waals surface area contributed by atoms with Gasteiger partial charge in [-0.05, 0) is 44.6 Å². The second-order valence-electron chi connectivity index (χ2n) is 6.69. The number of unbranched alkanes of at least 4 members (excludes halogenated alkanes) is 1. The molecule has 0 spiro atoms. The van der Waals surface area contributed by atoms with Crippen molar-refractivity contribution in [3.05, 3.63) is 42.2 Å². The van der Waals surface area contributed by atoms with Crippen LogP contribution in [0.4, 0.5) is 0 Å². The van der Waals surface area contributed by atoms with Gasteiger partial charge < -0.3 is 15.2 Å². The molecule has 0 aliphatic carbocycles. The second-order valence-corrected chi connectivity index (χ2v) is 6.69. The van der Waals surface area contributed by atoms with Crippen LogP contribution in [0.5, 0.6) is 0 Å². The average molecular weight is 352 g/mol. The second kappa shape index (κ2) is 8.81. The third kappa shape index (κ3) is 4.22. The summed E-state index contributed by atoms with van der Waals surface area (Å²) in [7, 11) is 0. The van der Waals surface area contributed by atoms with E-state index in [1.165, 1.54) is 12.8 Å². The minimum absolute atomic E-state index is 0.0538. The minimum atomic E-state index is -0.0538. The van der Waals surface area contributed by atoms with Gasteiger partial charge in [-0.1, -0.05) is 38.5 Å². The van der Waals surface area contributed by atoms with Crippen molar-refractivity contribution in [2.45, 2.75) is 33.1 Å². The Balaban J connectivity index is 1.59. The highest BCUT2D eigenvalue weighted by atomic mass is 16.1. The molecule has 0 atom stereocenters. The van der Waals surface area contributed by atoms with E-state index in [-0.39, 0.29) is 5.91 Å². The molecular formula is C21H28N4O. The number of amides is 1. The van der Waals surface area contributed by atoms with Crippen LogP contribution >= 0.6 is 0 Å². The molecule has 2 heterocycles. The van der Waals surface area contributed by atoms with Crippen molar-refractivity contribution >= 4 is 27.7 Å². The molecule has 3 rings (SSSR count). The van der Waals surface area contributed by atoms with E-state index in [2.05, 4.69) is 34.0 Å². The fourth-order valence-corrected chi connectivity index (χ4v) is 3.27. The van der Waals surface area contributed by atoms with E-state index in [4.69, 9.17) is 0 Å². The van der Waals surface area contributed by atoms with Crippen LogP contribution in [0.3, 0.4) is 0 Å². The maximum absolute atomic E-state index is 12.5. The predicted octanol–water partition coefficient (Wildman–Crippen LogP) is 3.96. The maximum Gasteiger partial charge on any atom is 0.267 e. The molecule has 0 bridgehead atoms. The summed E-state index contributed by atoms with van der Waals surface area (Å²) in [6, 6.07) is 9.92. The fourth-order valence-electron chi connectivity index (χ4n) is 3.27. The van der Waals surface area contributed by atoms with Gasteiger partial charge in [-0.25, -0.2) is 0 Å². The number of H-pyrrole nitrogens is 1. The summed E-state index contributed by atoms with van der Waals surface area (Å²) < 4.78 is 0. The average Bonchev–Trinajstić information content (AvgIpc) is 3.12. The lowest BCUT2D eigenvalue weighted by molar-refractivity contribution is 0.0947. The Morgan fingerprint density at radius 2 is 1.96 bits per heavy atom. The predicted molar refractivity (Wildman–Crippen MR) is 108 cm³/mol. The molecule has 0 fully saturated rings. The normalized spacial score (nSPS) is 11.5. The first-order chi connectivity index (χ1) is 12.7. The summed E-state index contributed by atoms with van der Waals surface area (Å²) in [5.41, 5.74) is 2.42. The summed E-state index contributed by atoms with van der Waals surface area (Å²) in [6.07, 6.45) is 5.20. The largest absolute Gasteiger partial charge is 0.351 e. The van der Waals surface area contributed by atoms with Crippen molar-refractivity contribution in [2.75, 3.05) is 26.2 Å². The molecule has 0 saturated heterocycles. The van der Waals surface area contributed by atoms with Crippen LogP contribution in [0, 0.1) is 0 Å². The Labute approximate surface area is 154 Å². The van der Waals surface area contributed by atoms with E-state index in [0.717, 1.165) is 47.9 Å².